The van der Waals surface area contributed by atoms with Gasteiger partial charge in [-0.1, -0.05) is 31.2 Å². The molecule has 1 unspecified atom stereocenters. The van der Waals surface area contributed by atoms with E-state index in [1.807, 2.05) is 19.1 Å². The highest BCUT2D eigenvalue weighted by Crippen LogP contribution is 2.16. The van der Waals surface area contributed by atoms with Crippen molar-refractivity contribution in [3.63, 3.8) is 0 Å². The predicted octanol–water partition coefficient (Wildman–Crippen LogP) is 2.99. The van der Waals surface area contributed by atoms with Crippen molar-refractivity contribution in [2.24, 2.45) is 0 Å². The second-order valence-electron chi connectivity index (χ2n) is 4.93. The fourth-order valence-electron chi connectivity index (χ4n) is 2.13. The minimum atomic E-state index is -0.808. The number of nitrogens with one attached hydrogen (secondary N) is 1. The molecule has 2 aromatic rings. The number of halogens is 2. The van der Waals surface area contributed by atoms with E-state index in [0.717, 1.165) is 30.2 Å². The van der Waals surface area contributed by atoms with Crippen molar-refractivity contribution in [2.45, 2.75) is 19.4 Å². The van der Waals surface area contributed by atoms with E-state index in [9.17, 15) is 18.7 Å². The van der Waals surface area contributed by atoms with Crippen LogP contribution >= 0.6 is 0 Å². The summed E-state index contributed by atoms with van der Waals surface area (Å²) in [5.41, 5.74) is 1.44. The largest absolute Gasteiger partial charge is 0.394 e. The summed E-state index contributed by atoms with van der Waals surface area (Å²) in [7, 11) is 0. The molecule has 0 saturated carbocycles. The topological polar surface area (TPSA) is 49.3 Å². The summed E-state index contributed by atoms with van der Waals surface area (Å²) in [4.78, 5) is 12.1. The van der Waals surface area contributed by atoms with E-state index in [0.29, 0.717) is 5.56 Å². The molecule has 5 heteroatoms. The Kier molecular flexibility index (Phi) is 5.22. The molecule has 0 radical (unpaired) electrons. The van der Waals surface area contributed by atoms with Crippen molar-refractivity contribution in [3.8, 4) is 0 Å². The van der Waals surface area contributed by atoms with Crippen LogP contribution in [0.4, 0.5) is 8.78 Å². The van der Waals surface area contributed by atoms with Crippen molar-refractivity contribution in [1.82, 2.24) is 5.32 Å². The van der Waals surface area contributed by atoms with Crippen LogP contribution in [-0.4, -0.2) is 17.6 Å². The molecule has 116 valence electrons. The summed E-state index contributed by atoms with van der Waals surface area (Å²) in [5.74, 6) is -2.27. The normalized spacial score (nSPS) is 12.0. The van der Waals surface area contributed by atoms with Gasteiger partial charge in [0.25, 0.3) is 5.91 Å². The summed E-state index contributed by atoms with van der Waals surface area (Å²) in [5, 5.41) is 12.0. The number of rotatable bonds is 5. The second-order valence-corrected chi connectivity index (χ2v) is 4.93. The number of carbonyl (C=O) groups is 1. The van der Waals surface area contributed by atoms with Gasteiger partial charge in [0.1, 0.15) is 11.6 Å². The molecule has 22 heavy (non-hydrogen) atoms. The maximum absolute atomic E-state index is 13.6. The van der Waals surface area contributed by atoms with Crippen LogP contribution in [-0.2, 0) is 6.42 Å². The molecule has 3 nitrogen and oxygen atoms in total. The number of aryl methyl sites for hydroxylation is 1. The minimum absolute atomic E-state index is 0.339. The first-order valence-corrected chi connectivity index (χ1v) is 7.00. The van der Waals surface area contributed by atoms with Crippen molar-refractivity contribution in [1.29, 1.82) is 0 Å². The van der Waals surface area contributed by atoms with Crippen LogP contribution in [0.25, 0.3) is 0 Å². The fourth-order valence-corrected chi connectivity index (χ4v) is 2.13. The average molecular weight is 305 g/mol. The van der Waals surface area contributed by atoms with E-state index < -0.39 is 23.6 Å². The van der Waals surface area contributed by atoms with Crippen molar-refractivity contribution < 1.29 is 18.7 Å². The monoisotopic (exact) mass is 305 g/mol. The van der Waals surface area contributed by atoms with E-state index in [2.05, 4.69) is 5.32 Å². The predicted molar refractivity (Wildman–Crippen MR) is 79.5 cm³/mol. The lowest BCUT2D eigenvalue weighted by molar-refractivity contribution is 0.0911. The van der Waals surface area contributed by atoms with Crippen LogP contribution in [0.2, 0.25) is 0 Å². The van der Waals surface area contributed by atoms with Crippen LogP contribution in [0.5, 0.6) is 0 Å². The maximum Gasteiger partial charge on any atom is 0.254 e. The van der Waals surface area contributed by atoms with Crippen LogP contribution in [0, 0.1) is 11.6 Å². The quantitative estimate of drug-likeness (QED) is 0.892. The molecule has 0 aliphatic heterocycles. The SMILES string of the molecule is CCc1ccc(C(CO)NC(=O)c2cc(F)ccc2F)cc1. The third-order valence-corrected chi connectivity index (χ3v) is 3.45. The standard InChI is InChI=1S/C17H17F2NO2/c1-2-11-3-5-12(6-4-11)16(10-21)20-17(22)14-9-13(18)7-8-15(14)19/h3-9,16,21H,2,10H2,1H3,(H,20,22). The van der Waals surface area contributed by atoms with Crippen molar-refractivity contribution in [2.75, 3.05) is 6.61 Å². The molecule has 2 N–H and O–H groups in total. The Morgan fingerprint density at radius 1 is 1.18 bits per heavy atom. The average Bonchev–Trinajstić information content (AvgIpc) is 2.54. The molecule has 2 rings (SSSR count). The molecule has 1 amide bonds. The summed E-state index contributed by atoms with van der Waals surface area (Å²) in [6, 6.07) is 9.37. The molecule has 0 heterocycles. The zero-order chi connectivity index (χ0) is 16.1. The maximum atomic E-state index is 13.6. The number of aliphatic hydroxyl groups is 1. The van der Waals surface area contributed by atoms with Crippen LogP contribution in [0.15, 0.2) is 42.5 Å². The Labute approximate surface area is 127 Å². The first-order valence-electron chi connectivity index (χ1n) is 7.00. The van der Waals surface area contributed by atoms with Gasteiger partial charge in [0, 0.05) is 0 Å². The molecule has 0 fully saturated rings. The molecule has 0 bridgehead atoms. The van der Waals surface area contributed by atoms with Gasteiger partial charge in [0.2, 0.25) is 0 Å². The van der Waals surface area contributed by atoms with E-state index in [1.54, 1.807) is 12.1 Å². The number of amides is 1. The zero-order valence-electron chi connectivity index (χ0n) is 12.1. The summed E-state index contributed by atoms with van der Waals surface area (Å²) in [6.07, 6.45) is 0.880. The third-order valence-electron chi connectivity index (χ3n) is 3.45. The lowest BCUT2D eigenvalue weighted by Crippen LogP contribution is -2.31. The van der Waals surface area contributed by atoms with Gasteiger partial charge in [-0.25, -0.2) is 8.78 Å². The van der Waals surface area contributed by atoms with E-state index in [4.69, 9.17) is 0 Å². The zero-order valence-corrected chi connectivity index (χ0v) is 12.1. The smallest absolute Gasteiger partial charge is 0.254 e. The second kappa shape index (κ2) is 7.13. The Balaban J connectivity index is 2.18. The molecule has 1 atom stereocenters. The van der Waals surface area contributed by atoms with Gasteiger partial charge in [-0.2, -0.15) is 0 Å². The summed E-state index contributed by atoms with van der Waals surface area (Å²) >= 11 is 0. The fraction of sp³-hybridized carbons (Fsp3) is 0.235. The Morgan fingerprint density at radius 2 is 1.86 bits per heavy atom. The Morgan fingerprint density at radius 3 is 2.45 bits per heavy atom. The first-order chi connectivity index (χ1) is 10.5. The van der Waals surface area contributed by atoms with Crippen molar-refractivity contribution >= 4 is 5.91 Å². The molecular weight excluding hydrogens is 288 g/mol. The highest BCUT2D eigenvalue weighted by Gasteiger charge is 2.18. The number of benzene rings is 2. The van der Waals surface area contributed by atoms with Crippen LogP contribution < -0.4 is 5.32 Å². The van der Waals surface area contributed by atoms with E-state index in [1.165, 1.54) is 0 Å². The molecular formula is C17H17F2NO2. The molecule has 0 spiro atoms. The summed E-state index contributed by atoms with van der Waals surface area (Å²) < 4.78 is 26.7. The third kappa shape index (κ3) is 3.68. The summed E-state index contributed by atoms with van der Waals surface area (Å²) in [6.45, 7) is 1.68. The van der Waals surface area contributed by atoms with Crippen LogP contribution in [0.3, 0.4) is 0 Å². The number of aliphatic hydroxyl groups excluding tert-OH is 1. The van der Waals surface area contributed by atoms with Gasteiger partial charge in [-0.15, -0.1) is 0 Å². The molecule has 0 aromatic heterocycles. The van der Waals surface area contributed by atoms with Gasteiger partial charge in [0.05, 0.1) is 18.2 Å². The van der Waals surface area contributed by atoms with Gasteiger partial charge in [0.15, 0.2) is 0 Å². The van der Waals surface area contributed by atoms with Gasteiger partial charge >= 0.3 is 0 Å². The van der Waals surface area contributed by atoms with E-state index in [-0.39, 0.29) is 12.2 Å². The molecule has 0 saturated heterocycles. The Bertz CT molecular complexity index is 656. The lowest BCUT2D eigenvalue weighted by atomic mass is 10.0. The van der Waals surface area contributed by atoms with Crippen LogP contribution in [0.1, 0.15) is 34.5 Å². The number of carbonyl (C=O) groups excluding carboxylic acids is 1. The molecule has 0 aliphatic carbocycles. The Hall–Kier alpha value is -2.27. The first kappa shape index (κ1) is 16.1. The molecule has 2 aromatic carbocycles. The number of hydrogen-bond acceptors (Lipinski definition) is 2. The van der Waals surface area contributed by atoms with Gasteiger partial charge in [-0.3, -0.25) is 4.79 Å². The van der Waals surface area contributed by atoms with E-state index >= 15 is 0 Å². The highest BCUT2D eigenvalue weighted by atomic mass is 19.1. The lowest BCUT2D eigenvalue weighted by Gasteiger charge is -2.17. The van der Waals surface area contributed by atoms with Gasteiger partial charge in [-0.05, 0) is 35.7 Å². The number of hydrogen-bond donors (Lipinski definition) is 2. The molecule has 0 aliphatic rings. The highest BCUT2D eigenvalue weighted by molar-refractivity contribution is 5.94. The van der Waals surface area contributed by atoms with Gasteiger partial charge < -0.3 is 10.4 Å². The van der Waals surface area contributed by atoms with Crippen molar-refractivity contribution in [3.05, 3.63) is 70.8 Å². The minimum Gasteiger partial charge on any atom is -0.394 e.